The minimum absolute atomic E-state index is 0.0712. The fraction of sp³-hybridized carbons (Fsp3) is 0.207. The summed E-state index contributed by atoms with van der Waals surface area (Å²) in [6.45, 7) is 4.41. The molecule has 0 saturated carbocycles. The number of nitrogens with zero attached hydrogens (tertiary/aromatic N) is 6. The Labute approximate surface area is 241 Å². The Kier molecular flexibility index (Phi) is 8.01. The largest absolute Gasteiger partial charge is 0.368 e. The number of anilines is 4. The van der Waals surface area contributed by atoms with Crippen molar-refractivity contribution in [2.24, 2.45) is 0 Å². The van der Waals surface area contributed by atoms with Crippen molar-refractivity contribution >= 4 is 51.9 Å². The number of benzene rings is 3. The number of halogens is 2. The van der Waals surface area contributed by atoms with Gasteiger partial charge in [0.2, 0.25) is 11.6 Å². The van der Waals surface area contributed by atoms with Gasteiger partial charge in [0.1, 0.15) is 6.33 Å². The van der Waals surface area contributed by atoms with E-state index in [2.05, 4.69) is 38.4 Å². The maximum atomic E-state index is 12.3. The molecule has 1 atom stereocenters. The molecule has 0 radical (unpaired) electrons. The number of hydrogen-bond acceptors (Lipinski definition) is 8. The van der Waals surface area contributed by atoms with Gasteiger partial charge in [-0.3, -0.25) is 10.1 Å². The van der Waals surface area contributed by atoms with E-state index in [9.17, 15) is 15.4 Å². The Morgan fingerprint density at radius 2 is 1.68 bits per heavy atom. The molecule has 1 fully saturated rings. The molecule has 4 aromatic rings. The Bertz CT molecular complexity index is 1570. The van der Waals surface area contributed by atoms with Crippen molar-refractivity contribution < 1.29 is 4.92 Å². The third-order valence-electron chi connectivity index (χ3n) is 6.93. The summed E-state index contributed by atoms with van der Waals surface area (Å²) in [7, 11) is 0. The highest BCUT2D eigenvalue weighted by molar-refractivity contribution is 6.32. The summed E-state index contributed by atoms with van der Waals surface area (Å²) in [5.41, 5.74) is 3.60. The first-order valence-electron chi connectivity index (χ1n) is 12.6. The maximum absolute atomic E-state index is 12.3. The summed E-state index contributed by atoms with van der Waals surface area (Å²) in [4.78, 5) is 24.5. The molecular weight excluding hydrogens is 549 g/mol. The molecule has 1 N–H and O–H groups in total. The van der Waals surface area contributed by atoms with E-state index < -0.39 is 10.8 Å². The number of piperazine rings is 1. The number of para-hydroxylation sites is 1. The summed E-state index contributed by atoms with van der Waals surface area (Å²) in [5, 5.41) is 26.2. The Hall–Kier alpha value is -4.39. The highest BCUT2D eigenvalue weighted by Crippen LogP contribution is 2.38. The van der Waals surface area contributed by atoms with Gasteiger partial charge in [-0.15, -0.1) is 0 Å². The number of nitrogens with one attached hydrogen (secondary N) is 1. The van der Waals surface area contributed by atoms with E-state index in [1.54, 1.807) is 30.3 Å². The van der Waals surface area contributed by atoms with Gasteiger partial charge >= 0.3 is 5.69 Å². The molecule has 3 aromatic carbocycles. The SMILES string of the molecule is Cc1cc(C(C#N)c2ccc(Cl)cc2)c(Cl)cc1Nc1ncnc(N2CCN(c3ccccc3)CC2)c1[N+](=O)[O-]. The molecule has 1 aliphatic rings. The van der Waals surface area contributed by atoms with E-state index in [0.717, 1.165) is 16.8 Å². The normalized spacial score (nSPS) is 13.9. The second kappa shape index (κ2) is 11.8. The van der Waals surface area contributed by atoms with Crippen molar-refractivity contribution in [3.05, 3.63) is 110 Å². The molecular formula is C29H25Cl2N7O2. The van der Waals surface area contributed by atoms with Gasteiger partial charge in [-0.05, 0) is 53.9 Å². The van der Waals surface area contributed by atoms with Gasteiger partial charge in [-0.1, -0.05) is 59.6 Å². The van der Waals surface area contributed by atoms with Gasteiger partial charge in [0.15, 0.2) is 0 Å². The lowest BCUT2D eigenvalue weighted by Gasteiger charge is -2.36. The quantitative estimate of drug-likeness (QED) is 0.191. The number of rotatable bonds is 7. The van der Waals surface area contributed by atoms with Crippen molar-refractivity contribution in [2.75, 3.05) is 41.3 Å². The highest BCUT2D eigenvalue weighted by atomic mass is 35.5. The van der Waals surface area contributed by atoms with Crippen LogP contribution in [0.2, 0.25) is 10.0 Å². The number of hydrogen-bond donors (Lipinski definition) is 1. The van der Waals surface area contributed by atoms with Crippen LogP contribution in [0.5, 0.6) is 0 Å². The van der Waals surface area contributed by atoms with E-state index in [4.69, 9.17) is 23.2 Å². The molecule has 0 bridgehead atoms. The number of aromatic nitrogens is 2. The molecule has 0 spiro atoms. The van der Waals surface area contributed by atoms with Crippen LogP contribution < -0.4 is 15.1 Å². The van der Waals surface area contributed by atoms with Gasteiger partial charge in [0.25, 0.3) is 0 Å². The number of aryl methyl sites for hydroxylation is 1. The molecule has 2 heterocycles. The Morgan fingerprint density at radius 1 is 1.00 bits per heavy atom. The minimum atomic E-state index is -0.605. The first kappa shape index (κ1) is 27.2. The monoisotopic (exact) mass is 573 g/mol. The van der Waals surface area contributed by atoms with E-state index in [0.29, 0.717) is 47.5 Å². The molecule has 11 heteroatoms. The summed E-state index contributed by atoms with van der Waals surface area (Å²) in [6, 6.07) is 22.9. The lowest BCUT2D eigenvalue weighted by atomic mass is 9.91. The fourth-order valence-electron chi connectivity index (χ4n) is 4.84. The zero-order chi connectivity index (χ0) is 28.2. The Morgan fingerprint density at radius 3 is 2.33 bits per heavy atom. The van der Waals surface area contributed by atoms with Crippen LogP contribution in [0, 0.1) is 28.4 Å². The van der Waals surface area contributed by atoms with Crippen molar-refractivity contribution in [3.8, 4) is 6.07 Å². The van der Waals surface area contributed by atoms with Crippen molar-refractivity contribution in [1.82, 2.24) is 9.97 Å². The lowest BCUT2D eigenvalue weighted by molar-refractivity contribution is -0.383. The number of nitriles is 1. The smallest absolute Gasteiger partial charge is 0.353 e. The average molecular weight is 574 g/mol. The summed E-state index contributed by atoms with van der Waals surface area (Å²) >= 11 is 12.7. The molecule has 5 rings (SSSR count). The molecule has 1 unspecified atom stereocenters. The molecule has 1 aliphatic heterocycles. The zero-order valence-corrected chi connectivity index (χ0v) is 23.1. The van der Waals surface area contributed by atoms with Crippen LogP contribution >= 0.6 is 23.2 Å². The molecule has 0 amide bonds. The number of nitro groups is 1. The van der Waals surface area contributed by atoms with Crippen molar-refractivity contribution in [2.45, 2.75) is 12.8 Å². The van der Waals surface area contributed by atoms with Crippen LogP contribution in [-0.4, -0.2) is 41.1 Å². The van der Waals surface area contributed by atoms with E-state index in [1.165, 1.54) is 6.33 Å². The molecule has 1 aromatic heterocycles. The van der Waals surface area contributed by atoms with Crippen LogP contribution in [0.4, 0.5) is 28.7 Å². The van der Waals surface area contributed by atoms with Gasteiger partial charge in [0, 0.05) is 47.6 Å². The first-order chi connectivity index (χ1) is 19.4. The second-order valence-corrected chi connectivity index (χ2v) is 10.2. The van der Waals surface area contributed by atoms with Gasteiger partial charge in [-0.2, -0.15) is 5.26 Å². The third-order valence-corrected chi connectivity index (χ3v) is 7.51. The van der Waals surface area contributed by atoms with Crippen molar-refractivity contribution in [3.63, 3.8) is 0 Å². The van der Waals surface area contributed by atoms with Gasteiger partial charge in [0.05, 0.1) is 16.9 Å². The average Bonchev–Trinajstić information content (AvgIpc) is 2.97. The van der Waals surface area contributed by atoms with E-state index >= 15 is 0 Å². The summed E-state index contributed by atoms with van der Waals surface area (Å²) in [5.74, 6) is -0.267. The maximum Gasteiger partial charge on any atom is 0.353 e. The zero-order valence-electron chi connectivity index (χ0n) is 21.6. The van der Waals surface area contributed by atoms with Gasteiger partial charge in [-0.25, -0.2) is 9.97 Å². The predicted molar refractivity (Wildman–Crippen MR) is 158 cm³/mol. The molecule has 0 aliphatic carbocycles. The third kappa shape index (κ3) is 5.64. The van der Waals surface area contributed by atoms with E-state index in [1.807, 2.05) is 36.1 Å². The van der Waals surface area contributed by atoms with Crippen molar-refractivity contribution in [1.29, 1.82) is 5.26 Å². The molecule has 9 nitrogen and oxygen atoms in total. The van der Waals surface area contributed by atoms with Crippen LogP contribution in [0.25, 0.3) is 0 Å². The van der Waals surface area contributed by atoms with E-state index in [-0.39, 0.29) is 17.3 Å². The molecule has 1 saturated heterocycles. The summed E-state index contributed by atoms with van der Waals surface area (Å²) in [6.07, 6.45) is 1.33. The first-order valence-corrected chi connectivity index (χ1v) is 13.4. The van der Waals surface area contributed by atoms with Crippen LogP contribution in [0.3, 0.4) is 0 Å². The minimum Gasteiger partial charge on any atom is -0.368 e. The Balaban J connectivity index is 1.41. The topological polar surface area (TPSA) is 111 Å². The van der Waals surface area contributed by atoms with Crippen LogP contribution in [-0.2, 0) is 0 Å². The fourth-order valence-corrected chi connectivity index (χ4v) is 5.24. The highest BCUT2D eigenvalue weighted by Gasteiger charge is 2.30. The lowest BCUT2D eigenvalue weighted by Crippen LogP contribution is -2.47. The van der Waals surface area contributed by atoms with Gasteiger partial charge < -0.3 is 15.1 Å². The predicted octanol–water partition coefficient (Wildman–Crippen LogP) is 6.73. The molecule has 40 heavy (non-hydrogen) atoms. The van der Waals surface area contributed by atoms with Crippen LogP contribution in [0.1, 0.15) is 22.6 Å². The second-order valence-electron chi connectivity index (χ2n) is 9.39. The molecule has 202 valence electrons. The van der Waals surface area contributed by atoms with Crippen LogP contribution in [0.15, 0.2) is 73.1 Å². The standard InChI is InChI=1S/C29H25Cl2N7O2/c1-19-15-23(24(17-32)20-7-9-21(30)10-8-20)25(31)16-26(19)35-28-27(38(39)40)29(34-18-33-28)37-13-11-36(12-14-37)22-5-3-2-4-6-22/h2-10,15-16,18,24H,11-14H2,1H3,(H,33,34,35). The summed E-state index contributed by atoms with van der Waals surface area (Å²) < 4.78 is 0.